The maximum atomic E-state index is 13.0. The first-order valence-electron chi connectivity index (χ1n) is 8.05. The summed E-state index contributed by atoms with van der Waals surface area (Å²) in [6.07, 6.45) is 1.56. The van der Waals surface area contributed by atoms with Gasteiger partial charge in [0.05, 0.1) is 5.69 Å². The molecule has 0 atom stereocenters. The van der Waals surface area contributed by atoms with Crippen LogP contribution in [-0.4, -0.2) is 11.1 Å². The van der Waals surface area contributed by atoms with Gasteiger partial charge in [0.1, 0.15) is 11.4 Å². The number of amides is 1. The molecule has 0 aliphatic carbocycles. The molecule has 6 heteroatoms. The second kappa shape index (κ2) is 7.65. The van der Waals surface area contributed by atoms with Gasteiger partial charge in [-0.25, -0.2) is 4.39 Å². The van der Waals surface area contributed by atoms with Gasteiger partial charge in [-0.1, -0.05) is 22.9 Å². The number of carbonyl (C=O) groups excluding carboxylic acids is 1. The van der Waals surface area contributed by atoms with E-state index in [4.69, 9.17) is 4.52 Å². The third kappa shape index (κ3) is 4.36. The molecule has 2 aromatic carbocycles. The fraction of sp³-hybridized carbons (Fsp3) is 0.100. The molecule has 0 saturated heterocycles. The predicted octanol–water partition coefficient (Wildman–Crippen LogP) is 4.52. The Labute approximate surface area is 150 Å². The van der Waals surface area contributed by atoms with Crippen LogP contribution in [0.3, 0.4) is 0 Å². The number of halogens is 1. The maximum Gasteiger partial charge on any atom is 0.261 e. The van der Waals surface area contributed by atoms with Gasteiger partial charge in [0.25, 0.3) is 5.91 Å². The first-order valence-corrected chi connectivity index (χ1v) is 8.05. The van der Waals surface area contributed by atoms with Gasteiger partial charge >= 0.3 is 0 Å². The van der Waals surface area contributed by atoms with E-state index in [2.05, 4.69) is 15.8 Å². The molecule has 1 amide bonds. The standard InChI is InChI=1S/C20H18FN3O2/c1-13-3-7-16(8-4-13)22-12-18(19-11-14(2)24-26-19)20(25)23-17-9-5-15(21)6-10-17/h3-12,22H,1-2H3,(H,23,25)/b18-12+. The lowest BCUT2D eigenvalue weighted by Crippen LogP contribution is -2.14. The van der Waals surface area contributed by atoms with Gasteiger partial charge in [-0.3, -0.25) is 4.79 Å². The quantitative estimate of drug-likeness (QED) is 0.663. The summed E-state index contributed by atoms with van der Waals surface area (Å²) in [5.74, 6) is -0.431. The Morgan fingerprint density at radius 1 is 1.04 bits per heavy atom. The average Bonchev–Trinajstić information content (AvgIpc) is 3.05. The topological polar surface area (TPSA) is 67.2 Å². The van der Waals surface area contributed by atoms with Crippen molar-refractivity contribution in [3.63, 3.8) is 0 Å². The van der Waals surface area contributed by atoms with E-state index in [1.165, 1.54) is 24.3 Å². The van der Waals surface area contributed by atoms with Crippen LogP contribution in [0.25, 0.3) is 5.57 Å². The smallest absolute Gasteiger partial charge is 0.261 e. The molecule has 1 aromatic heterocycles. The second-order valence-corrected chi connectivity index (χ2v) is 5.86. The minimum atomic E-state index is -0.396. The van der Waals surface area contributed by atoms with Crippen LogP contribution in [0.1, 0.15) is 17.0 Å². The molecule has 3 rings (SSSR count). The minimum absolute atomic E-state index is 0.274. The first kappa shape index (κ1) is 17.4. The minimum Gasteiger partial charge on any atom is -0.361 e. The van der Waals surface area contributed by atoms with Crippen molar-refractivity contribution in [1.82, 2.24) is 5.16 Å². The van der Waals surface area contributed by atoms with Crippen molar-refractivity contribution in [1.29, 1.82) is 0 Å². The molecule has 0 aliphatic rings. The highest BCUT2D eigenvalue weighted by atomic mass is 19.1. The van der Waals surface area contributed by atoms with Crippen molar-refractivity contribution in [2.75, 3.05) is 10.6 Å². The highest BCUT2D eigenvalue weighted by molar-refractivity contribution is 6.24. The molecule has 26 heavy (non-hydrogen) atoms. The molecule has 0 unspecified atom stereocenters. The number of carbonyl (C=O) groups is 1. The summed E-state index contributed by atoms with van der Waals surface area (Å²) < 4.78 is 18.3. The third-order valence-electron chi connectivity index (χ3n) is 3.67. The van der Waals surface area contributed by atoms with Crippen LogP contribution >= 0.6 is 0 Å². The average molecular weight is 351 g/mol. The number of aryl methyl sites for hydroxylation is 2. The predicted molar refractivity (Wildman–Crippen MR) is 99.0 cm³/mol. The Kier molecular flexibility index (Phi) is 5.12. The van der Waals surface area contributed by atoms with Crippen LogP contribution in [0.4, 0.5) is 15.8 Å². The molecule has 2 N–H and O–H groups in total. The Hall–Kier alpha value is -3.41. The fourth-order valence-corrected chi connectivity index (χ4v) is 2.28. The molecule has 3 aromatic rings. The number of nitrogens with zero attached hydrogens (tertiary/aromatic N) is 1. The largest absolute Gasteiger partial charge is 0.361 e. The van der Waals surface area contributed by atoms with Crippen LogP contribution in [0.2, 0.25) is 0 Å². The van der Waals surface area contributed by atoms with Gasteiger partial charge in [0.2, 0.25) is 0 Å². The lowest BCUT2D eigenvalue weighted by Gasteiger charge is -2.08. The SMILES string of the molecule is Cc1ccc(N/C=C(/C(=O)Nc2ccc(F)cc2)c2cc(C)no2)cc1. The lowest BCUT2D eigenvalue weighted by atomic mass is 10.1. The number of hydrogen-bond acceptors (Lipinski definition) is 4. The van der Waals surface area contributed by atoms with Crippen molar-refractivity contribution in [3.05, 3.63) is 83.6 Å². The molecular weight excluding hydrogens is 333 g/mol. The highest BCUT2D eigenvalue weighted by Gasteiger charge is 2.17. The molecule has 0 fully saturated rings. The van der Waals surface area contributed by atoms with Gasteiger partial charge in [0.15, 0.2) is 5.76 Å². The van der Waals surface area contributed by atoms with Gasteiger partial charge in [-0.15, -0.1) is 0 Å². The first-order chi connectivity index (χ1) is 12.5. The second-order valence-electron chi connectivity index (χ2n) is 5.86. The summed E-state index contributed by atoms with van der Waals surface area (Å²) in [7, 11) is 0. The van der Waals surface area contributed by atoms with E-state index < -0.39 is 5.91 Å². The Balaban J connectivity index is 1.84. The van der Waals surface area contributed by atoms with E-state index in [9.17, 15) is 9.18 Å². The zero-order valence-electron chi connectivity index (χ0n) is 14.4. The van der Waals surface area contributed by atoms with E-state index in [-0.39, 0.29) is 11.4 Å². The summed E-state index contributed by atoms with van der Waals surface area (Å²) in [6.45, 7) is 3.77. The number of hydrogen-bond donors (Lipinski definition) is 2. The molecule has 132 valence electrons. The van der Waals surface area contributed by atoms with E-state index in [0.29, 0.717) is 17.1 Å². The van der Waals surface area contributed by atoms with Crippen molar-refractivity contribution in [3.8, 4) is 0 Å². The summed E-state index contributed by atoms with van der Waals surface area (Å²) >= 11 is 0. The van der Waals surface area contributed by atoms with Crippen molar-refractivity contribution in [2.45, 2.75) is 13.8 Å². The Morgan fingerprint density at radius 3 is 2.31 bits per heavy atom. The summed E-state index contributed by atoms with van der Waals surface area (Å²) in [5.41, 5.74) is 3.39. The Bertz CT molecular complexity index is 928. The molecule has 0 saturated carbocycles. The van der Waals surface area contributed by atoms with Gasteiger partial charge in [-0.2, -0.15) is 0 Å². The number of rotatable bonds is 5. The zero-order chi connectivity index (χ0) is 18.5. The number of aromatic nitrogens is 1. The molecule has 0 aliphatic heterocycles. The van der Waals surface area contributed by atoms with Crippen molar-refractivity contribution in [2.24, 2.45) is 0 Å². The van der Waals surface area contributed by atoms with E-state index in [1.54, 1.807) is 19.2 Å². The van der Waals surface area contributed by atoms with Crippen LogP contribution in [0.15, 0.2) is 65.3 Å². The van der Waals surface area contributed by atoms with Crippen LogP contribution in [0, 0.1) is 19.7 Å². The maximum absolute atomic E-state index is 13.0. The van der Waals surface area contributed by atoms with E-state index >= 15 is 0 Å². The van der Waals surface area contributed by atoms with Crippen LogP contribution < -0.4 is 10.6 Å². The number of nitrogens with one attached hydrogen (secondary N) is 2. The summed E-state index contributed by atoms with van der Waals surface area (Å²) in [5, 5.41) is 9.64. The zero-order valence-corrected chi connectivity index (χ0v) is 14.4. The van der Waals surface area contributed by atoms with Crippen molar-refractivity contribution < 1.29 is 13.7 Å². The van der Waals surface area contributed by atoms with E-state index in [0.717, 1.165) is 11.3 Å². The molecule has 0 bridgehead atoms. The monoisotopic (exact) mass is 351 g/mol. The van der Waals surface area contributed by atoms with Gasteiger partial charge < -0.3 is 15.2 Å². The molecule has 0 radical (unpaired) electrons. The van der Waals surface area contributed by atoms with Crippen molar-refractivity contribution >= 4 is 22.9 Å². The van der Waals surface area contributed by atoms with Gasteiger partial charge in [0, 0.05) is 23.6 Å². The molecule has 5 nitrogen and oxygen atoms in total. The Morgan fingerprint density at radius 2 is 1.69 bits per heavy atom. The summed E-state index contributed by atoms with van der Waals surface area (Å²) in [4.78, 5) is 12.7. The van der Waals surface area contributed by atoms with E-state index in [1.807, 2.05) is 31.2 Å². The van der Waals surface area contributed by atoms with Gasteiger partial charge in [-0.05, 0) is 50.2 Å². The third-order valence-corrected chi connectivity index (χ3v) is 3.67. The summed E-state index contributed by atoms with van der Waals surface area (Å²) in [6, 6.07) is 15.0. The normalized spacial score (nSPS) is 11.3. The lowest BCUT2D eigenvalue weighted by molar-refractivity contribution is -0.111. The molecule has 0 spiro atoms. The number of anilines is 2. The number of benzene rings is 2. The highest BCUT2D eigenvalue weighted by Crippen LogP contribution is 2.20. The fourth-order valence-electron chi connectivity index (χ4n) is 2.28. The molecular formula is C20H18FN3O2. The van der Waals surface area contributed by atoms with Crippen LogP contribution in [0.5, 0.6) is 0 Å². The molecule has 1 heterocycles. The van der Waals surface area contributed by atoms with Crippen LogP contribution in [-0.2, 0) is 4.79 Å².